The van der Waals surface area contributed by atoms with Crippen LogP contribution in [-0.2, 0) is 6.54 Å². The van der Waals surface area contributed by atoms with E-state index in [4.69, 9.17) is 0 Å². The number of hydrogen-bond donors (Lipinski definition) is 1. The minimum Gasteiger partial charge on any atom is -0.313 e. The summed E-state index contributed by atoms with van der Waals surface area (Å²) in [4.78, 5) is 8.17. The smallest absolute Gasteiger partial charge is 0.0794 e. The van der Waals surface area contributed by atoms with Gasteiger partial charge in [0.05, 0.1) is 5.51 Å². The lowest BCUT2D eigenvalue weighted by molar-refractivity contribution is 0.137. The summed E-state index contributed by atoms with van der Waals surface area (Å²) in [5, 5.41) is 3.57. The second kappa shape index (κ2) is 6.47. The highest BCUT2D eigenvalue weighted by Crippen LogP contribution is 2.20. The van der Waals surface area contributed by atoms with Gasteiger partial charge in [-0.05, 0) is 19.4 Å². The molecule has 0 radical (unpaired) electrons. The summed E-state index contributed by atoms with van der Waals surface area (Å²) in [6.07, 6.45) is 6.06. The average molecular weight is 253 g/mol. The largest absolute Gasteiger partial charge is 0.313 e. The second-order valence-electron chi connectivity index (χ2n) is 5.15. The molecule has 4 heteroatoms. The lowest BCUT2D eigenvalue weighted by Gasteiger charge is -2.36. The van der Waals surface area contributed by atoms with Gasteiger partial charge in [0.1, 0.15) is 0 Å². The van der Waals surface area contributed by atoms with Crippen molar-refractivity contribution in [2.75, 3.05) is 13.1 Å². The van der Waals surface area contributed by atoms with E-state index >= 15 is 0 Å². The van der Waals surface area contributed by atoms with Crippen LogP contribution in [0.4, 0.5) is 0 Å². The fraction of sp³-hybridized carbons (Fsp3) is 0.769. The molecular formula is C13H23N3S. The second-order valence-corrected chi connectivity index (χ2v) is 6.12. The van der Waals surface area contributed by atoms with Gasteiger partial charge in [0, 0.05) is 36.2 Å². The van der Waals surface area contributed by atoms with E-state index in [-0.39, 0.29) is 0 Å². The molecule has 3 nitrogen and oxygen atoms in total. The van der Waals surface area contributed by atoms with Gasteiger partial charge in [0.25, 0.3) is 0 Å². The normalized spacial score (nSPS) is 22.2. The lowest BCUT2D eigenvalue weighted by Crippen LogP contribution is -2.46. The number of likely N-dealkylation sites (tertiary alicyclic amines) is 1. The van der Waals surface area contributed by atoms with Gasteiger partial charge in [-0.25, -0.2) is 0 Å². The van der Waals surface area contributed by atoms with Gasteiger partial charge in [-0.2, -0.15) is 0 Å². The van der Waals surface area contributed by atoms with E-state index in [1.807, 2.05) is 11.7 Å². The molecule has 1 aliphatic rings. The van der Waals surface area contributed by atoms with Crippen LogP contribution < -0.4 is 5.32 Å². The zero-order valence-electron chi connectivity index (χ0n) is 10.9. The highest BCUT2D eigenvalue weighted by molar-refractivity contribution is 7.09. The van der Waals surface area contributed by atoms with Crippen molar-refractivity contribution in [2.24, 2.45) is 0 Å². The number of nitrogens with one attached hydrogen (secondary N) is 1. The first-order valence-electron chi connectivity index (χ1n) is 6.60. The molecule has 0 amide bonds. The Morgan fingerprint density at radius 1 is 1.53 bits per heavy atom. The van der Waals surface area contributed by atoms with Crippen molar-refractivity contribution in [3.05, 3.63) is 16.6 Å². The van der Waals surface area contributed by atoms with Crippen LogP contribution in [-0.4, -0.2) is 35.1 Å². The Balaban J connectivity index is 1.87. The molecule has 17 heavy (non-hydrogen) atoms. The van der Waals surface area contributed by atoms with E-state index in [1.165, 1.54) is 30.7 Å². The van der Waals surface area contributed by atoms with Crippen molar-refractivity contribution in [1.29, 1.82) is 0 Å². The van der Waals surface area contributed by atoms with Crippen molar-refractivity contribution in [3.63, 3.8) is 0 Å². The Hall–Kier alpha value is -0.450. The Kier molecular flexibility index (Phi) is 4.95. The van der Waals surface area contributed by atoms with E-state index in [9.17, 15) is 0 Å². The lowest BCUT2D eigenvalue weighted by atomic mass is 10.0. The van der Waals surface area contributed by atoms with Gasteiger partial charge in [-0.3, -0.25) is 9.88 Å². The van der Waals surface area contributed by atoms with Gasteiger partial charge < -0.3 is 5.32 Å². The highest BCUT2D eigenvalue weighted by Gasteiger charge is 2.22. The third kappa shape index (κ3) is 4.05. The van der Waals surface area contributed by atoms with E-state index in [0.717, 1.165) is 13.1 Å². The molecular weight excluding hydrogens is 230 g/mol. The minimum absolute atomic E-state index is 0.585. The van der Waals surface area contributed by atoms with Crippen LogP contribution in [0.2, 0.25) is 0 Å². The molecule has 1 N–H and O–H groups in total. The summed E-state index contributed by atoms with van der Waals surface area (Å²) < 4.78 is 0. The third-order valence-corrected chi connectivity index (χ3v) is 4.12. The van der Waals surface area contributed by atoms with Crippen LogP contribution in [0.1, 0.15) is 38.0 Å². The predicted molar refractivity (Wildman–Crippen MR) is 73.3 cm³/mol. The molecule has 1 atom stereocenters. The molecule has 0 aliphatic carbocycles. The first-order valence-corrected chi connectivity index (χ1v) is 7.48. The molecule has 2 heterocycles. The fourth-order valence-electron chi connectivity index (χ4n) is 2.39. The minimum atomic E-state index is 0.585. The maximum Gasteiger partial charge on any atom is 0.0794 e. The Morgan fingerprint density at radius 3 is 3.12 bits per heavy atom. The molecule has 96 valence electrons. The van der Waals surface area contributed by atoms with Crippen LogP contribution in [0, 0.1) is 0 Å². The van der Waals surface area contributed by atoms with E-state index in [1.54, 1.807) is 11.3 Å². The predicted octanol–water partition coefficient (Wildman–Crippen LogP) is 2.50. The molecule has 1 aromatic heterocycles. The number of rotatable bonds is 5. The molecule has 2 rings (SSSR count). The van der Waals surface area contributed by atoms with E-state index < -0.39 is 0 Å². The van der Waals surface area contributed by atoms with Crippen molar-refractivity contribution >= 4 is 11.3 Å². The maximum absolute atomic E-state index is 4.16. The van der Waals surface area contributed by atoms with Crippen LogP contribution in [0.25, 0.3) is 0 Å². The SMILES string of the molecule is CC(C)NCC1CCCCN1Cc1cncs1. The maximum atomic E-state index is 4.16. The van der Waals surface area contributed by atoms with Gasteiger partial charge in [-0.15, -0.1) is 11.3 Å². The molecule has 1 saturated heterocycles. The summed E-state index contributed by atoms with van der Waals surface area (Å²) in [6, 6.07) is 1.29. The zero-order chi connectivity index (χ0) is 12.1. The van der Waals surface area contributed by atoms with E-state index in [2.05, 4.69) is 29.0 Å². The van der Waals surface area contributed by atoms with E-state index in [0.29, 0.717) is 12.1 Å². The van der Waals surface area contributed by atoms with Crippen LogP contribution in [0.5, 0.6) is 0 Å². The fourth-order valence-corrected chi connectivity index (χ4v) is 3.01. The van der Waals surface area contributed by atoms with Gasteiger partial charge in [-0.1, -0.05) is 20.3 Å². The molecule has 1 fully saturated rings. The topological polar surface area (TPSA) is 28.2 Å². The monoisotopic (exact) mass is 253 g/mol. The number of nitrogens with zero attached hydrogens (tertiary/aromatic N) is 2. The summed E-state index contributed by atoms with van der Waals surface area (Å²) in [6.45, 7) is 7.88. The zero-order valence-corrected chi connectivity index (χ0v) is 11.7. The molecule has 0 bridgehead atoms. The van der Waals surface area contributed by atoms with Crippen LogP contribution in [0.3, 0.4) is 0 Å². The van der Waals surface area contributed by atoms with Crippen molar-refractivity contribution < 1.29 is 0 Å². The summed E-state index contributed by atoms with van der Waals surface area (Å²) in [7, 11) is 0. The van der Waals surface area contributed by atoms with Gasteiger partial charge in [0.15, 0.2) is 0 Å². The average Bonchev–Trinajstić information content (AvgIpc) is 2.80. The highest BCUT2D eigenvalue weighted by atomic mass is 32.1. The number of hydrogen-bond acceptors (Lipinski definition) is 4. The Bertz CT molecular complexity index is 310. The van der Waals surface area contributed by atoms with Crippen LogP contribution >= 0.6 is 11.3 Å². The third-order valence-electron chi connectivity index (χ3n) is 3.35. The quantitative estimate of drug-likeness (QED) is 0.874. The number of aromatic nitrogens is 1. The van der Waals surface area contributed by atoms with Crippen molar-refractivity contribution in [1.82, 2.24) is 15.2 Å². The van der Waals surface area contributed by atoms with Crippen molar-refractivity contribution in [2.45, 2.75) is 51.7 Å². The summed E-state index contributed by atoms with van der Waals surface area (Å²) in [5.74, 6) is 0. The molecule has 0 saturated carbocycles. The number of thiazole rings is 1. The van der Waals surface area contributed by atoms with Gasteiger partial charge in [0.2, 0.25) is 0 Å². The van der Waals surface area contributed by atoms with Gasteiger partial charge >= 0.3 is 0 Å². The Morgan fingerprint density at radius 2 is 2.41 bits per heavy atom. The number of piperidine rings is 1. The molecule has 0 aromatic carbocycles. The van der Waals surface area contributed by atoms with Crippen LogP contribution in [0.15, 0.2) is 11.7 Å². The first-order chi connectivity index (χ1) is 8.25. The summed E-state index contributed by atoms with van der Waals surface area (Å²) in [5.41, 5.74) is 1.93. The molecule has 0 spiro atoms. The molecule has 1 unspecified atom stereocenters. The molecule has 1 aromatic rings. The Labute approximate surface area is 108 Å². The first kappa shape index (κ1) is 13.0. The standard InChI is InChI=1S/C13H23N3S/c1-11(2)15-7-12-5-3-4-6-16(12)9-13-8-14-10-17-13/h8,10-12,15H,3-7,9H2,1-2H3. The summed E-state index contributed by atoms with van der Waals surface area (Å²) >= 11 is 1.77. The van der Waals surface area contributed by atoms with Crippen molar-refractivity contribution in [3.8, 4) is 0 Å². The molecule has 1 aliphatic heterocycles.